The number of carbonyl (C=O) groups excluding carboxylic acids is 1. The van der Waals surface area contributed by atoms with E-state index >= 15 is 0 Å². The van der Waals surface area contributed by atoms with Crippen molar-refractivity contribution >= 4 is 28.5 Å². The molecule has 1 aliphatic heterocycles. The molecule has 2 rings (SSSR count). The van der Waals surface area contributed by atoms with Crippen molar-refractivity contribution in [3.8, 4) is 5.75 Å². The van der Waals surface area contributed by atoms with Crippen LogP contribution < -0.4 is 10.6 Å². The maximum Gasteiger partial charge on any atom is 0.251 e. The zero-order chi connectivity index (χ0) is 13.0. The molecule has 1 aromatic carbocycles. The zero-order valence-corrected chi connectivity index (χ0v) is 12.2. The number of hydrogen-bond donors (Lipinski definition) is 3. The molecule has 1 aliphatic rings. The van der Waals surface area contributed by atoms with Crippen LogP contribution in [-0.2, 0) is 0 Å². The smallest absolute Gasteiger partial charge is 0.251 e. The quantitative estimate of drug-likeness (QED) is 0.720. The normalized spacial score (nSPS) is 19.5. The summed E-state index contributed by atoms with van der Waals surface area (Å²) in [5.74, 6) is 0.551. The number of phenolic OH excluding ortho intramolecular Hbond substituents is 1. The average Bonchev–Trinajstić information content (AvgIpc) is 2.40. The fourth-order valence-electron chi connectivity index (χ4n) is 2.09. The van der Waals surface area contributed by atoms with Crippen LogP contribution in [0.15, 0.2) is 18.2 Å². The average molecular weight is 360 g/mol. The first-order chi connectivity index (χ1) is 8.66. The number of halogens is 1. The van der Waals surface area contributed by atoms with Gasteiger partial charge in [-0.25, -0.2) is 0 Å². The number of phenols is 1. The van der Waals surface area contributed by atoms with E-state index < -0.39 is 0 Å². The number of hydrogen-bond acceptors (Lipinski definition) is 3. The SMILES string of the molecule is O=C(NCC1CCCNC1)c1ccc(I)c(O)c1. The van der Waals surface area contributed by atoms with Crippen LogP contribution in [0.3, 0.4) is 0 Å². The number of aromatic hydroxyl groups is 1. The Balaban J connectivity index is 1.88. The van der Waals surface area contributed by atoms with Crippen LogP contribution in [0.2, 0.25) is 0 Å². The molecule has 0 aromatic heterocycles. The van der Waals surface area contributed by atoms with E-state index in [9.17, 15) is 9.90 Å². The zero-order valence-electron chi connectivity index (χ0n) is 10.1. The molecule has 1 saturated heterocycles. The van der Waals surface area contributed by atoms with Crippen LogP contribution in [-0.4, -0.2) is 30.6 Å². The van der Waals surface area contributed by atoms with Gasteiger partial charge >= 0.3 is 0 Å². The number of benzene rings is 1. The summed E-state index contributed by atoms with van der Waals surface area (Å²) in [6.07, 6.45) is 2.33. The van der Waals surface area contributed by atoms with Crippen molar-refractivity contribution in [3.63, 3.8) is 0 Å². The minimum Gasteiger partial charge on any atom is -0.507 e. The summed E-state index contributed by atoms with van der Waals surface area (Å²) in [5.41, 5.74) is 0.511. The number of amides is 1. The predicted octanol–water partition coefficient (Wildman–Crippen LogP) is 1.73. The number of nitrogens with one attached hydrogen (secondary N) is 2. The monoisotopic (exact) mass is 360 g/mol. The van der Waals surface area contributed by atoms with E-state index in [-0.39, 0.29) is 11.7 Å². The summed E-state index contributed by atoms with van der Waals surface area (Å²) >= 11 is 2.03. The van der Waals surface area contributed by atoms with Gasteiger partial charge in [0.2, 0.25) is 0 Å². The highest BCUT2D eigenvalue weighted by Gasteiger charge is 2.14. The Bertz CT molecular complexity index is 431. The van der Waals surface area contributed by atoms with Gasteiger partial charge < -0.3 is 15.7 Å². The van der Waals surface area contributed by atoms with Crippen molar-refractivity contribution in [3.05, 3.63) is 27.3 Å². The molecule has 0 radical (unpaired) electrons. The van der Waals surface area contributed by atoms with Crippen molar-refractivity contribution < 1.29 is 9.90 Å². The van der Waals surface area contributed by atoms with Crippen LogP contribution in [0.4, 0.5) is 0 Å². The van der Waals surface area contributed by atoms with Gasteiger partial charge in [-0.05, 0) is 72.6 Å². The van der Waals surface area contributed by atoms with E-state index in [0.29, 0.717) is 18.0 Å². The molecule has 0 aliphatic carbocycles. The van der Waals surface area contributed by atoms with E-state index in [2.05, 4.69) is 10.6 Å². The molecule has 1 fully saturated rings. The second-order valence-electron chi connectivity index (χ2n) is 4.59. The molecule has 1 aromatic rings. The van der Waals surface area contributed by atoms with Crippen molar-refractivity contribution in [1.82, 2.24) is 10.6 Å². The van der Waals surface area contributed by atoms with E-state index in [1.807, 2.05) is 22.6 Å². The molecule has 4 nitrogen and oxygen atoms in total. The van der Waals surface area contributed by atoms with Crippen molar-refractivity contribution in [2.75, 3.05) is 19.6 Å². The van der Waals surface area contributed by atoms with Crippen molar-refractivity contribution in [1.29, 1.82) is 0 Å². The third kappa shape index (κ3) is 3.58. The first-order valence-corrected chi connectivity index (χ1v) is 7.22. The lowest BCUT2D eigenvalue weighted by Crippen LogP contribution is -2.38. The Labute approximate surface area is 120 Å². The Morgan fingerprint density at radius 3 is 3.06 bits per heavy atom. The molecule has 0 spiro atoms. The molecule has 3 N–H and O–H groups in total. The summed E-state index contributed by atoms with van der Waals surface area (Å²) in [6, 6.07) is 4.99. The van der Waals surface area contributed by atoms with Crippen LogP contribution >= 0.6 is 22.6 Å². The minimum absolute atomic E-state index is 0.118. The molecule has 18 heavy (non-hydrogen) atoms. The Morgan fingerprint density at radius 2 is 2.39 bits per heavy atom. The maximum absolute atomic E-state index is 11.9. The molecule has 0 bridgehead atoms. The number of carbonyl (C=O) groups is 1. The third-order valence-corrected chi connectivity index (χ3v) is 4.07. The first-order valence-electron chi connectivity index (χ1n) is 6.14. The molecule has 1 atom stereocenters. The Morgan fingerprint density at radius 1 is 1.56 bits per heavy atom. The Hall–Kier alpha value is -0.820. The Kier molecular flexibility index (Phi) is 4.82. The van der Waals surface area contributed by atoms with Crippen LogP contribution in [0.1, 0.15) is 23.2 Å². The minimum atomic E-state index is -0.118. The highest BCUT2D eigenvalue weighted by Crippen LogP contribution is 2.20. The van der Waals surface area contributed by atoms with Gasteiger partial charge in [-0.3, -0.25) is 4.79 Å². The van der Waals surface area contributed by atoms with E-state index in [0.717, 1.165) is 23.1 Å². The first kappa shape index (κ1) is 13.6. The van der Waals surface area contributed by atoms with Gasteiger partial charge in [0.1, 0.15) is 5.75 Å². The molecule has 1 amide bonds. The molecule has 1 unspecified atom stereocenters. The molecule has 98 valence electrons. The summed E-state index contributed by atoms with van der Waals surface area (Å²) in [7, 11) is 0. The van der Waals surface area contributed by atoms with Crippen LogP contribution in [0.25, 0.3) is 0 Å². The standard InChI is InChI=1S/C13H17IN2O2/c14-11-4-3-10(6-12(11)17)13(18)16-8-9-2-1-5-15-7-9/h3-4,6,9,15,17H,1-2,5,7-8H2,(H,16,18). The highest BCUT2D eigenvalue weighted by molar-refractivity contribution is 14.1. The maximum atomic E-state index is 11.9. The van der Waals surface area contributed by atoms with Crippen molar-refractivity contribution in [2.24, 2.45) is 5.92 Å². The summed E-state index contributed by atoms with van der Waals surface area (Å²) in [4.78, 5) is 11.9. The van der Waals surface area contributed by atoms with Crippen molar-refractivity contribution in [2.45, 2.75) is 12.8 Å². The van der Waals surface area contributed by atoms with Gasteiger partial charge in [-0.15, -0.1) is 0 Å². The third-order valence-electron chi connectivity index (χ3n) is 3.16. The van der Waals surface area contributed by atoms with Gasteiger partial charge in [0, 0.05) is 12.1 Å². The van der Waals surface area contributed by atoms with E-state index in [1.165, 1.54) is 12.5 Å². The summed E-state index contributed by atoms with van der Waals surface area (Å²) in [6.45, 7) is 2.74. The van der Waals surface area contributed by atoms with Gasteiger partial charge in [0.25, 0.3) is 5.91 Å². The lowest BCUT2D eigenvalue weighted by atomic mass is 9.99. The second kappa shape index (κ2) is 6.38. The molecule has 0 saturated carbocycles. The van der Waals surface area contributed by atoms with Crippen LogP contribution in [0, 0.1) is 9.49 Å². The predicted molar refractivity (Wildman–Crippen MR) is 78.8 cm³/mol. The van der Waals surface area contributed by atoms with Gasteiger partial charge in [-0.1, -0.05) is 0 Å². The fourth-order valence-corrected chi connectivity index (χ4v) is 2.43. The topological polar surface area (TPSA) is 61.4 Å². The molecule has 1 heterocycles. The molecular formula is C13H17IN2O2. The van der Waals surface area contributed by atoms with Crippen LogP contribution in [0.5, 0.6) is 5.75 Å². The lowest BCUT2D eigenvalue weighted by molar-refractivity contribution is 0.0944. The molecular weight excluding hydrogens is 343 g/mol. The highest BCUT2D eigenvalue weighted by atomic mass is 127. The number of piperidine rings is 1. The van der Waals surface area contributed by atoms with Gasteiger partial charge in [0.05, 0.1) is 3.57 Å². The lowest BCUT2D eigenvalue weighted by Gasteiger charge is -2.22. The van der Waals surface area contributed by atoms with E-state index in [4.69, 9.17) is 0 Å². The van der Waals surface area contributed by atoms with Gasteiger partial charge in [-0.2, -0.15) is 0 Å². The fraction of sp³-hybridized carbons (Fsp3) is 0.462. The largest absolute Gasteiger partial charge is 0.507 e. The number of rotatable bonds is 3. The van der Waals surface area contributed by atoms with Gasteiger partial charge in [0.15, 0.2) is 0 Å². The second-order valence-corrected chi connectivity index (χ2v) is 5.75. The summed E-state index contributed by atoms with van der Waals surface area (Å²) < 4.78 is 0.751. The molecule has 5 heteroatoms. The van der Waals surface area contributed by atoms with E-state index in [1.54, 1.807) is 12.1 Å². The summed E-state index contributed by atoms with van der Waals surface area (Å²) in [5, 5.41) is 15.8.